The summed E-state index contributed by atoms with van der Waals surface area (Å²) in [5, 5.41) is 11.3. The van der Waals surface area contributed by atoms with Crippen LogP contribution in [0.3, 0.4) is 0 Å². The summed E-state index contributed by atoms with van der Waals surface area (Å²) in [7, 11) is 0. The number of hydrogen-bond donors (Lipinski definition) is 3. The lowest BCUT2D eigenvalue weighted by atomic mass is 10.2. The van der Waals surface area contributed by atoms with Crippen LogP contribution in [0.4, 0.5) is 4.79 Å². The van der Waals surface area contributed by atoms with Crippen molar-refractivity contribution in [1.82, 2.24) is 10.2 Å². The molecule has 21 heavy (non-hydrogen) atoms. The molecule has 1 atom stereocenters. The summed E-state index contributed by atoms with van der Waals surface area (Å²) in [4.78, 5) is 35.3. The van der Waals surface area contributed by atoms with E-state index in [-0.39, 0.29) is 0 Å². The quantitative estimate of drug-likeness (QED) is 0.681. The number of carboxylic acids is 1. The third-order valence-electron chi connectivity index (χ3n) is 2.89. The highest BCUT2D eigenvalue weighted by molar-refractivity contribution is 5.87. The number of primary amides is 1. The van der Waals surface area contributed by atoms with Crippen molar-refractivity contribution in [3.8, 4) is 0 Å². The average Bonchev–Trinajstić information content (AvgIpc) is 2.44. The summed E-state index contributed by atoms with van der Waals surface area (Å²) in [5.74, 6) is -2.08. The smallest absolute Gasteiger partial charge is 0.326 e. The third-order valence-corrected chi connectivity index (χ3v) is 2.89. The van der Waals surface area contributed by atoms with Gasteiger partial charge in [-0.25, -0.2) is 9.59 Å². The van der Waals surface area contributed by atoms with Crippen molar-refractivity contribution in [1.29, 1.82) is 0 Å². The molecule has 0 unspecified atom stereocenters. The first kappa shape index (κ1) is 16.5. The van der Waals surface area contributed by atoms with Crippen molar-refractivity contribution >= 4 is 17.9 Å². The molecule has 0 spiro atoms. The van der Waals surface area contributed by atoms with Crippen LogP contribution in [-0.2, 0) is 16.1 Å². The second-order valence-corrected chi connectivity index (χ2v) is 4.51. The number of carbonyl (C=O) groups is 3. The third kappa shape index (κ3) is 5.52. The van der Waals surface area contributed by atoms with Gasteiger partial charge in [0, 0.05) is 13.1 Å². The second kappa shape index (κ2) is 7.88. The molecule has 7 nitrogen and oxygen atoms in total. The van der Waals surface area contributed by atoms with Crippen LogP contribution in [0.5, 0.6) is 0 Å². The first-order valence-electron chi connectivity index (χ1n) is 6.54. The van der Waals surface area contributed by atoms with Gasteiger partial charge in [-0.3, -0.25) is 4.79 Å². The molecule has 114 valence electrons. The zero-order valence-electron chi connectivity index (χ0n) is 11.8. The maximum atomic E-state index is 12.1. The number of carbonyl (C=O) groups excluding carboxylic acids is 2. The number of nitrogens with zero attached hydrogens (tertiary/aromatic N) is 1. The molecule has 0 heterocycles. The lowest BCUT2D eigenvalue weighted by molar-refractivity contribution is -0.140. The molecule has 0 bridgehead atoms. The van der Waals surface area contributed by atoms with Crippen molar-refractivity contribution in [2.24, 2.45) is 5.73 Å². The molecule has 0 aliphatic carbocycles. The predicted molar refractivity (Wildman–Crippen MR) is 76.3 cm³/mol. The van der Waals surface area contributed by atoms with E-state index in [0.717, 1.165) is 5.56 Å². The lowest BCUT2D eigenvalue weighted by Crippen LogP contribution is -2.49. The van der Waals surface area contributed by atoms with Gasteiger partial charge in [-0.2, -0.15) is 0 Å². The molecule has 0 aliphatic rings. The van der Waals surface area contributed by atoms with Gasteiger partial charge < -0.3 is 21.1 Å². The first-order valence-corrected chi connectivity index (χ1v) is 6.54. The van der Waals surface area contributed by atoms with Crippen LogP contribution in [0, 0.1) is 0 Å². The van der Waals surface area contributed by atoms with E-state index in [2.05, 4.69) is 5.32 Å². The number of rotatable bonds is 7. The number of amides is 3. The van der Waals surface area contributed by atoms with Gasteiger partial charge in [-0.1, -0.05) is 30.3 Å². The van der Waals surface area contributed by atoms with E-state index < -0.39 is 30.4 Å². The minimum absolute atomic E-state index is 0.353. The molecule has 0 aliphatic heterocycles. The highest BCUT2D eigenvalue weighted by atomic mass is 16.4. The Hall–Kier alpha value is -2.57. The van der Waals surface area contributed by atoms with E-state index in [1.165, 1.54) is 4.90 Å². The normalized spacial score (nSPS) is 11.5. The molecule has 4 N–H and O–H groups in total. The monoisotopic (exact) mass is 293 g/mol. The molecule has 0 fully saturated rings. The zero-order valence-corrected chi connectivity index (χ0v) is 11.8. The largest absolute Gasteiger partial charge is 0.480 e. The van der Waals surface area contributed by atoms with Gasteiger partial charge >= 0.3 is 12.0 Å². The Morgan fingerprint density at radius 3 is 2.38 bits per heavy atom. The molecule has 1 aromatic rings. The molecule has 1 rings (SSSR count). The maximum Gasteiger partial charge on any atom is 0.326 e. The molecule has 0 aromatic heterocycles. The molecular weight excluding hydrogens is 274 g/mol. The van der Waals surface area contributed by atoms with Crippen LogP contribution in [0.25, 0.3) is 0 Å². The van der Waals surface area contributed by atoms with Gasteiger partial charge in [0.05, 0.1) is 6.42 Å². The van der Waals surface area contributed by atoms with Crippen LogP contribution in [0.2, 0.25) is 0 Å². The molecule has 0 saturated carbocycles. The topological polar surface area (TPSA) is 113 Å². The molecule has 1 aromatic carbocycles. The van der Waals surface area contributed by atoms with Gasteiger partial charge in [0.15, 0.2) is 0 Å². The molecule has 7 heteroatoms. The summed E-state index contributed by atoms with van der Waals surface area (Å²) in [5.41, 5.74) is 5.90. The lowest BCUT2D eigenvalue weighted by Gasteiger charge is -2.23. The summed E-state index contributed by atoms with van der Waals surface area (Å²) in [6, 6.07) is 7.45. The van der Waals surface area contributed by atoms with Crippen LogP contribution in [0.15, 0.2) is 30.3 Å². The van der Waals surface area contributed by atoms with Crippen LogP contribution in [-0.4, -0.2) is 40.5 Å². The van der Waals surface area contributed by atoms with Gasteiger partial charge in [-0.15, -0.1) is 0 Å². The number of urea groups is 1. The van der Waals surface area contributed by atoms with Crippen molar-refractivity contribution < 1.29 is 19.5 Å². The fourth-order valence-electron chi connectivity index (χ4n) is 1.77. The molecule has 0 radical (unpaired) electrons. The van der Waals surface area contributed by atoms with Crippen molar-refractivity contribution in [3.63, 3.8) is 0 Å². The standard InChI is InChI=1S/C14H19N3O4/c1-2-17(9-10-6-4-3-5-7-10)14(21)16-11(13(19)20)8-12(15)18/h3-7,11H,2,8-9H2,1H3,(H2,15,18)(H,16,21)(H,19,20)/t11-/m1/s1. The Balaban J connectivity index is 2.69. The van der Waals surface area contributed by atoms with Gasteiger partial charge in [0.25, 0.3) is 0 Å². The Morgan fingerprint density at radius 2 is 1.90 bits per heavy atom. The maximum absolute atomic E-state index is 12.1. The Labute approximate surface area is 122 Å². The van der Waals surface area contributed by atoms with Crippen molar-refractivity contribution in [2.75, 3.05) is 6.54 Å². The van der Waals surface area contributed by atoms with Gasteiger partial charge in [0.2, 0.25) is 5.91 Å². The highest BCUT2D eigenvalue weighted by Gasteiger charge is 2.24. The van der Waals surface area contributed by atoms with E-state index >= 15 is 0 Å². The summed E-state index contributed by atoms with van der Waals surface area (Å²) >= 11 is 0. The predicted octanol–water partition coefficient (Wildman–Crippen LogP) is 0.547. The number of nitrogens with one attached hydrogen (secondary N) is 1. The number of benzene rings is 1. The molecule has 0 saturated heterocycles. The second-order valence-electron chi connectivity index (χ2n) is 4.51. The van der Waals surface area contributed by atoms with Gasteiger partial charge in [-0.05, 0) is 12.5 Å². The van der Waals surface area contributed by atoms with Crippen LogP contribution >= 0.6 is 0 Å². The fraction of sp³-hybridized carbons (Fsp3) is 0.357. The summed E-state index contributed by atoms with van der Waals surface area (Å²) in [6.07, 6.45) is -0.441. The Morgan fingerprint density at radius 1 is 1.29 bits per heavy atom. The van der Waals surface area contributed by atoms with E-state index in [4.69, 9.17) is 10.8 Å². The van der Waals surface area contributed by atoms with Crippen LogP contribution in [0.1, 0.15) is 18.9 Å². The first-order chi connectivity index (χ1) is 9.93. The van der Waals surface area contributed by atoms with E-state index in [0.29, 0.717) is 13.1 Å². The van der Waals surface area contributed by atoms with Crippen molar-refractivity contribution in [3.05, 3.63) is 35.9 Å². The van der Waals surface area contributed by atoms with Gasteiger partial charge in [0.1, 0.15) is 6.04 Å². The number of hydrogen-bond acceptors (Lipinski definition) is 3. The molecular formula is C14H19N3O4. The zero-order chi connectivity index (χ0) is 15.8. The Bertz CT molecular complexity index is 504. The highest BCUT2D eigenvalue weighted by Crippen LogP contribution is 2.05. The fourth-order valence-corrected chi connectivity index (χ4v) is 1.77. The minimum atomic E-state index is -1.32. The van der Waals surface area contributed by atoms with E-state index in [1.807, 2.05) is 30.3 Å². The average molecular weight is 293 g/mol. The minimum Gasteiger partial charge on any atom is -0.480 e. The SMILES string of the molecule is CCN(Cc1ccccc1)C(=O)N[C@H](CC(N)=O)C(=O)O. The van der Waals surface area contributed by atoms with E-state index in [1.54, 1.807) is 6.92 Å². The van der Waals surface area contributed by atoms with E-state index in [9.17, 15) is 14.4 Å². The number of carboxylic acid groups (broad SMARTS) is 1. The summed E-state index contributed by atoms with van der Waals surface area (Å²) in [6.45, 7) is 2.54. The molecule has 3 amide bonds. The number of aliphatic carboxylic acids is 1. The Kier molecular flexibility index (Phi) is 6.19. The number of nitrogens with two attached hydrogens (primary N) is 1. The van der Waals surface area contributed by atoms with Crippen molar-refractivity contribution in [2.45, 2.75) is 25.9 Å². The summed E-state index contributed by atoms with van der Waals surface area (Å²) < 4.78 is 0. The van der Waals surface area contributed by atoms with Crippen LogP contribution < -0.4 is 11.1 Å².